The molecule has 4 aromatic rings. The summed E-state index contributed by atoms with van der Waals surface area (Å²) in [5.41, 5.74) is 1.80. The molecule has 0 unspecified atom stereocenters. The quantitative estimate of drug-likeness (QED) is 0.580. The molecule has 1 N–H and O–H groups in total. The SMILES string of the molecule is O=c1ccc(-c2nc3ccccc3n2Cc2cccc(C(F)(F)F)c2)c[nH]1. The predicted octanol–water partition coefficient (Wildman–Crippen LogP) is 4.46. The van der Waals surface area contributed by atoms with Crippen LogP contribution in [0.3, 0.4) is 0 Å². The highest BCUT2D eigenvalue weighted by molar-refractivity contribution is 5.80. The van der Waals surface area contributed by atoms with Crippen molar-refractivity contribution in [2.45, 2.75) is 12.7 Å². The van der Waals surface area contributed by atoms with Crippen LogP contribution in [0.4, 0.5) is 13.2 Å². The predicted molar refractivity (Wildman–Crippen MR) is 96.3 cm³/mol. The van der Waals surface area contributed by atoms with Crippen LogP contribution in [0.1, 0.15) is 11.1 Å². The topological polar surface area (TPSA) is 50.7 Å². The maximum absolute atomic E-state index is 13.0. The van der Waals surface area contributed by atoms with Gasteiger partial charge in [-0.05, 0) is 35.9 Å². The second-order valence-corrected chi connectivity index (χ2v) is 6.15. The minimum Gasteiger partial charge on any atom is -0.328 e. The number of alkyl halides is 3. The van der Waals surface area contributed by atoms with E-state index in [2.05, 4.69) is 9.97 Å². The van der Waals surface area contributed by atoms with Crippen molar-refractivity contribution < 1.29 is 13.2 Å². The lowest BCUT2D eigenvalue weighted by Gasteiger charge is -2.12. The number of rotatable bonds is 3. The van der Waals surface area contributed by atoms with Crippen molar-refractivity contribution in [3.05, 3.63) is 88.3 Å². The Morgan fingerprint density at radius 3 is 2.56 bits per heavy atom. The molecule has 4 rings (SSSR count). The van der Waals surface area contributed by atoms with Crippen LogP contribution in [-0.2, 0) is 12.7 Å². The van der Waals surface area contributed by atoms with Crippen molar-refractivity contribution in [1.29, 1.82) is 0 Å². The van der Waals surface area contributed by atoms with Crippen LogP contribution in [0.25, 0.3) is 22.4 Å². The highest BCUT2D eigenvalue weighted by atomic mass is 19.4. The summed E-state index contributed by atoms with van der Waals surface area (Å²) in [6.07, 6.45) is -2.85. The van der Waals surface area contributed by atoms with Crippen LogP contribution in [0.5, 0.6) is 0 Å². The molecular weight excluding hydrogens is 355 g/mol. The summed E-state index contributed by atoms with van der Waals surface area (Å²) in [5.74, 6) is 0.574. The molecule has 0 atom stereocenters. The standard InChI is InChI=1S/C20H14F3N3O/c21-20(22,23)15-5-3-4-13(10-15)12-26-17-7-2-1-6-16(17)25-19(26)14-8-9-18(27)24-11-14/h1-11H,12H2,(H,24,27). The number of hydrogen-bond donors (Lipinski definition) is 1. The number of H-pyrrole nitrogens is 1. The third-order valence-electron chi connectivity index (χ3n) is 4.29. The van der Waals surface area contributed by atoms with Gasteiger partial charge in [0, 0.05) is 24.4 Å². The number of nitrogens with zero attached hydrogens (tertiary/aromatic N) is 2. The molecule has 2 aromatic heterocycles. The summed E-state index contributed by atoms with van der Waals surface area (Å²) in [4.78, 5) is 18.5. The van der Waals surface area contributed by atoms with E-state index in [1.807, 2.05) is 28.8 Å². The van der Waals surface area contributed by atoms with Gasteiger partial charge in [0.1, 0.15) is 5.82 Å². The number of benzene rings is 2. The first kappa shape index (κ1) is 17.1. The Morgan fingerprint density at radius 2 is 1.81 bits per heavy atom. The van der Waals surface area contributed by atoms with Crippen molar-refractivity contribution in [2.75, 3.05) is 0 Å². The van der Waals surface area contributed by atoms with Crippen LogP contribution in [-0.4, -0.2) is 14.5 Å². The highest BCUT2D eigenvalue weighted by Crippen LogP contribution is 2.31. The monoisotopic (exact) mass is 369 g/mol. The number of halogens is 3. The van der Waals surface area contributed by atoms with Gasteiger partial charge in [0.15, 0.2) is 0 Å². The molecule has 0 saturated carbocycles. The van der Waals surface area contributed by atoms with E-state index in [1.165, 1.54) is 12.1 Å². The fraction of sp³-hybridized carbons (Fsp3) is 0.100. The molecule has 0 radical (unpaired) electrons. The third kappa shape index (κ3) is 3.36. The maximum atomic E-state index is 13.0. The Morgan fingerprint density at radius 1 is 1.00 bits per heavy atom. The largest absolute Gasteiger partial charge is 0.416 e. The van der Waals surface area contributed by atoms with Crippen LogP contribution in [0, 0.1) is 0 Å². The minimum absolute atomic E-state index is 0.221. The van der Waals surface area contributed by atoms with E-state index in [1.54, 1.807) is 18.3 Å². The number of fused-ring (bicyclic) bond motifs is 1. The molecule has 0 fully saturated rings. The van der Waals surface area contributed by atoms with Gasteiger partial charge in [-0.2, -0.15) is 13.2 Å². The number of aromatic nitrogens is 3. The fourth-order valence-corrected chi connectivity index (χ4v) is 3.03. The van der Waals surface area contributed by atoms with Crippen molar-refractivity contribution in [2.24, 2.45) is 0 Å². The van der Waals surface area contributed by atoms with E-state index in [4.69, 9.17) is 0 Å². The van der Waals surface area contributed by atoms with Crippen LogP contribution in [0.15, 0.2) is 71.7 Å². The van der Waals surface area contributed by atoms with E-state index in [9.17, 15) is 18.0 Å². The molecule has 2 aromatic carbocycles. The summed E-state index contributed by atoms with van der Waals surface area (Å²) in [5, 5.41) is 0. The Hall–Kier alpha value is -3.35. The summed E-state index contributed by atoms with van der Waals surface area (Å²) in [6.45, 7) is 0.221. The summed E-state index contributed by atoms with van der Waals surface area (Å²) < 4.78 is 40.9. The number of pyridine rings is 1. The smallest absolute Gasteiger partial charge is 0.328 e. The number of imidazole rings is 1. The molecule has 136 valence electrons. The van der Waals surface area contributed by atoms with Crippen molar-refractivity contribution >= 4 is 11.0 Å². The van der Waals surface area contributed by atoms with Gasteiger partial charge in [-0.3, -0.25) is 4.79 Å². The molecular formula is C20H14F3N3O. The highest BCUT2D eigenvalue weighted by Gasteiger charge is 2.30. The number of hydrogen-bond acceptors (Lipinski definition) is 2. The van der Waals surface area contributed by atoms with Gasteiger partial charge in [-0.15, -0.1) is 0 Å². The average molecular weight is 369 g/mol. The fourth-order valence-electron chi connectivity index (χ4n) is 3.03. The van der Waals surface area contributed by atoms with Gasteiger partial charge < -0.3 is 9.55 Å². The second-order valence-electron chi connectivity index (χ2n) is 6.15. The lowest BCUT2D eigenvalue weighted by molar-refractivity contribution is -0.137. The summed E-state index contributed by atoms with van der Waals surface area (Å²) in [7, 11) is 0. The minimum atomic E-state index is -4.39. The molecule has 4 nitrogen and oxygen atoms in total. The van der Waals surface area contributed by atoms with Crippen LogP contribution < -0.4 is 5.56 Å². The number of para-hydroxylation sites is 2. The summed E-state index contributed by atoms with van der Waals surface area (Å²) in [6, 6.07) is 15.7. The average Bonchev–Trinajstić information content (AvgIpc) is 3.01. The van der Waals surface area contributed by atoms with E-state index in [-0.39, 0.29) is 12.1 Å². The van der Waals surface area contributed by atoms with Crippen molar-refractivity contribution in [3.63, 3.8) is 0 Å². The van der Waals surface area contributed by atoms with Gasteiger partial charge >= 0.3 is 6.18 Å². The zero-order chi connectivity index (χ0) is 19.0. The zero-order valence-electron chi connectivity index (χ0n) is 14.0. The van der Waals surface area contributed by atoms with Gasteiger partial charge in [0.25, 0.3) is 0 Å². The Balaban J connectivity index is 1.85. The Labute approximate surface area is 151 Å². The first-order valence-electron chi connectivity index (χ1n) is 8.22. The van der Waals surface area contributed by atoms with Gasteiger partial charge in [-0.25, -0.2) is 4.98 Å². The molecule has 7 heteroatoms. The second kappa shape index (κ2) is 6.42. The molecule has 0 aliphatic carbocycles. The molecule has 0 saturated heterocycles. The van der Waals surface area contributed by atoms with Crippen LogP contribution >= 0.6 is 0 Å². The first-order chi connectivity index (χ1) is 12.9. The van der Waals surface area contributed by atoms with E-state index in [0.717, 1.165) is 23.2 Å². The lowest BCUT2D eigenvalue weighted by atomic mass is 10.1. The first-order valence-corrected chi connectivity index (χ1v) is 8.22. The maximum Gasteiger partial charge on any atom is 0.416 e. The van der Waals surface area contributed by atoms with Crippen molar-refractivity contribution in [1.82, 2.24) is 14.5 Å². The van der Waals surface area contributed by atoms with E-state index >= 15 is 0 Å². The Kier molecular flexibility index (Phi) is 4.07. The van der Waals surface area contributed by atoms with Gasteiger partial charge in [-0.1, -0.05) is 24.3 Å². The van der Waals surface area contributed by atoms with E-state index < -0.39 is 11.7 Å². The molecule has 0 aliphatic heterocycles. The van der Waals surface area contributed by atoms with Crippen LogP contribution in [0.2, 0.25) is 0 Å². The van der Waals surface area contributed by atoms with Gasteiger partial charge in [0.2, 0.25) is 5.56 Å². The molecule has 27 heavy (non-hydrogen) atoms. The third-order valence-corrected chi connectivity index (χ3v) is 4.29. The number of aromatic amines is 1. The zero-order valence-corrected chi connectivity index (χ0v) is 14.0. The molecule has 0 aliphatic rings. The molecule has 0 spiro atoms. The Bertz CT molecular complexity index is 1150. The normalized spacial score (nSPS) is 11.8. The molecule has 0 amide bonds. The van der Waals surface area contributed by atoms with E-state index in [0.29, 0.717) is 17.0 Å². The lowest BCUT2D eigenvalue weighted by Crippen LogP contribution is -2.08. The molecule has 2 heterocycles. The molecule has 0 bridgehead atoms. The summed E-state index contributed by atoms with van der Waals surface area (Å²) >= 11 is 0. The number of nitrogens with one attached hydrogen (secondary N) is 1. The van der Waals surface area contributed by atoms with Crippen molar-refractivity contribution in [3.8, 4) is 11.4 Å². The van der Waals surface area contributed by atoms with Gasteiger partial charge in [0.05, 0.1) is 16.6 Å².